The minimum Gasteiger partial charge on any atom is -0.507 e. The summed E-state index contributed by atoms with van der Waals surface area (Å²) >= 11 is 0. The number of fused-ring (bicyclic) bond motifs is 2. The number of aliphatic carboxylic acids is 1. The van der Waals surface area contributed by atoms with Gasteiger partial charge in [0.15, 0.2) is 0 Å². The van der Waals surface area contributed by atoms with E-state index in [1.54, 1.807) is 12.1 Å². The van der Waals surface area contributed by atoms with Gasteiger partial charge in [-0.1, -0.05) is 12.1 Å². The molecular weight excluding hydrogens is 688 g/mol. The van der Waals surface area contributed by atoms with E-state index >= 15 is 0 Å². The van der Waals surface area contributed by atoms with Crippen LogP contribution in [-0.4, -0.2) is 91.1 Å². The average Bonchev–Trinajstić information content (AvgIpc) is 3.70. The molecule has 1 aliphatic heterocycles. The number of rotatable bonds is 15. The number of carbonyl (C=O) groups is 4. The molecule has 0 saturated carbocycles. The number of aromatic nitrogens is 2. The first-order valence-corrected chi connectivity index (χ1v) is 19.1. The standard InChI is InChI=1S/C21H30N2O4.C16H24N2O.C5H6O3/c1-14(2)23(15(3)4)12-11-16-13-22-17-7-5-8-18(21(16)17)27-20(26)10-6-9-19(24)25;1-11(2)18(12(3)4)9-8-13-10-17-14-6-5-7-15(19)16(13)14;6-4-2-1-3-5(7)8-4/h5,7-8,13-15,22H,6,9-12H2,1-4H3,(H,24,25);5-7,10-12,17,19H,8-9H2,1-4H3;1-3H2. The van der Waals surface area contributed by atoms with Crippen LogP contribution in [0.15, 0.2) is 48.8 Å². The zero-order chi connectivity index (χ0) is 39.9. The molecule has 2 aromatic carbocycles. The van der Waals surface area contributed by atoms with Gasteiger partial charge in [-0.05, 0) is 116 Å². The summed E-state index contributed by atoms with van der Waals surface area (Å²) in [5, 5.41) is 20.6. The molecule has 0 atom stereocenters. The molecule has 296 valence electrons. The Kier molecular flexibility index (Phi) is 17.2. The Bertz CT molecular complexity index is 1790. The van der Waals surface area contributed by atoms with Gasteiger partial charge in [0, 0.05) is 97.1 Å². The highest BCUT2D eigenvalue weighted by atomic mass is 16.6. The first-order chi connectivity index (χ1) is 25.6. The number of hydrogen-bond acceptors (Lipinski definition) is 9. The van der Waals surface area contributed by atoms with Crippen molar-refractivity contribution in [2.45, 2.75) is 131 Å². The lowest BCUT2D eigenvalue weighted by atomic mass is 10.1. The zero-order valence-corrected chi connectivity index (χ0v) is 33.2. The molecule has 4 aromatic rings. The van der Waals surface area contributed by atoms with Crippen molar-refractivity contribution in [2.24, 2.45) is 0 Å². The van der Waals surface area contributed by atoms with Gasteiger partial charge in [0.1, 0.15) is 11.5 Å². The summed E-state index contributed by atoms with van der Waals surface area (Å²) in [5.41, 5.74) is 4.25. The predicted molar refractivity (Wildman–Crippen MR) is 212 cm³/mol. The fraction of sp³-hybridized carbons (Fsp3) is 0.524. The van der Waals surface area contributed by atoms with Gasteiger partial charge in [0.25, 0.3) is 0 Å². The van der Waals surface area contributed by atoms with Gasteiger partial charge in [-0.3, -0.25) is 29.0 Å². The van der Waals surface area contributed by atoms with Crippen molar-refractivity contribution in [1.82, 2.24) is 19.8 Å². The summed E-state index contributed by atoms with van der Waals surface area (Å²) < 4.78 is 9.75. The summed E-state index contributed by atoms with van der Waals surface area (Å²) in [5.74, 6) is -1.18. The molecule has 0 aliphatic carbocycles. The fourth-order valence-corrected chi connectivity index (χ4v) is 6.82. The van der Waals surface area contributed by atoms with Crippen LogP contribution in [0.2, 0.25) is 0 Å². The van der Waals surface area contributed by atoms with Gasteiger partial charge in [0.2, 0.25) is 0 Å². The largest absolute Gasteiger partial charge is 0.507 e. The molecule has 1 saturated heterocycles. The van der Waals surface area contributed by atoms with Crippen molar-refractivity contribution in [1.29, 1.82) is 0 Å². The van der Waals surface area contributed by atoms with E-state index < -0.39 is 11.9 Å². The molecule has 0 bridgehead atoms. The molecule has 5 rings (SSSR count). The smallest absolute Gasteiger partial charge is 0.313 e. The molecular formula is C42H60N4O8. The highest BCUT2D eigenvalue weighted by Gasteiger charge is 2.18. The number of ether oxygens (including phenoxy) is 2. The Morgan fingerprint density at radius 1 is 0.741 bits per heavy atom. The minimum atomic E-state index is -0.905. The number of nitrogens with one attached hydrogen (secondary N) is 2. The number of H-pyrrole nitrogens is 2. The maximum absolute atomic E-state index is 12.1. The van der Waals surface area contributed by atoms with E-state index in [1.807, 2.05) is 36.7 Å². The number of aromatic amines is 2. The third-order valence-electron chi connectivity index (χ3n) is 9.43. The lowest BCUT2D eigenvalue weighted by Crippen LogP contribution is -2.38. The monoisotopic (exact) mass is 748 g/mol. The molecule has 0 unspecified atom stereocenters. The van der Waals surface area contributed by atoms with Gasteiger partial charge in [-0.2, -0.15) is 0 Å². The summed E-state index contributed by atoms with van der Waals surface area (Å²) in [4.78, 5) is 54.5. The van der Waals surface area contributed by atoms with Gasteiger partial charge in [0.05, 0.1) is 0 Å². The number of phenolic OH excluding ortho intramolecular Hbond substituents is 1. The Morgan fingerprint density at radius 2 is 1.22 bits per heavy atom. The number of carboxylic acid groups (broad SMARTS) is 1. The van der Waals surface area contributed by atoms with Gasteiger partial charge in [-0.25, -0.2) is 0 Å². The van der Waals surface area contributed by atoms with E-state index in [9.17, 15) is 24.3 Å². The van der Waals surface area contributed by atoms with E-state index in [4.69, 9.17) is 9.84 Å². The number of hydrogen-bond donors (Lipinski definition) is 4. The van der Waals surface area contributed by atoms with Crippen LogP contribution in [0.3, 0.4) is 0 Å². The number of cyclic esters (lactones) is 2. The SMILES string of the molecule is CC(C)N(CCc1c[nH]c2cccc(O)c12)C(C)C.CC(C)N(CCc1c[nH]c2cccc(OC(=O)CCCC(=O)O)c12)C(C)C.O=C1CCCC(=O)O1. The molecule has 3 heterocycles. The number of nitrogens with zero attached hydrogens (tertiary/aromatic N) is 2. The molecule has 12 heteroatoms. The summed E-state index contributed by atoms with van der Waals surface area (Å²) in [6.07, 6.45) is 7.58. The Hall–Kier alpha value is -4.68. The predicted octanol–water partition coefficient (Wildman–Crippen LogP) is 7.76. The van der Waals surface area contributed by atoms with Crippen LogP contribution in [0.25, 0.3) is 21.8 Å². The summed E-state index contributed by atoms with van der Waals surface area (Å²) in [6.45, 7) is 19.6. The molecule has 2 aromatic heterocycles. The van der Waals surface area contributed by atoms with Crippen LogP contribution in [0.1, 0.15) is 105 Å². The van der Waals surface area contributed by atoms with Crippen molar-refractivity contribution in [3.63, 3.8) is 0 Å². The van der Waals surface area contributed by atoms with Crippen molar-refractivity contribution in [3.8, 4) is 11.5 Å². The van der Waals surface area contributed by atoms with E-state index in [0.717, 1.165) is 53.3 Å². The molecule has 54 heavy (non-hydrogen) atoms. The third-order valence-corrected chi connectivity index (χ3v) is 9.43. The van der Waals surface area contributed by atoms with Crippen LogP contribution in [0, 0.1) is 0 Å². The average molecular weight is 749 g/mol. The Balaban J connectivity index is 0.000000250. The second-order valence-corrected chi connectivity index (χ2v) is 14.8. The number of benzene rings is 2. The van der Waals surface area contributed by atoms with Crippen LogP contribution >= 0.6 is 0 Å². The normalized spacial score (nSPS) is 13.1. The van der Waals surface area contributed by atoms with Crippen molar-refractivity contribution in [2.75, 3.05) is 13.1 Å². The fourth-order valence-electron chi connectivity index (χ4n) is 6.82. The number of carboxylic acids is 1. The van der Waals surface area contributed by atoms with Gasteiger partial charge in [-0.15, -0.1) is 0 Å². The van der Waals surface area contributed by atoms with Crippen LogP contribution in [0.5, 0.6) is 11.5 Å². The molecule has 1 aliphatic rings. The molecule has 4 N–H and O–H groups in total. The first-order valence-electron chi connectivity index (χ1n) is 19.1. The molecule has 0 amide bonds. The number of phenols is 1. The number of esters is 3. The zero-order valence-electron chi connectivity index (χ0n) is 33.2. The lowest BCUT2D eigenvalue weighted by molar-refractivity contribution is -0.163. The summed E-state index contributed by atoms with van der Waals surface area (Å²) in [6, 6.07) is 13.2. The Labute approximate surface area is 319 Å². The molecule has 12 nitrogen and oxygen atoms in total. The van der Waals surface area contributed by atoms with Crippen molar-refractivity contribution >= 4 is 45.7 Å². The van der Waals surface area contributed by atoms with Crippen LogP contribution < -0.4 is 4.74 Å². The number of aromatic hydroxyl groups is 1. The minimum absolute atomic E-state index is 0.0328. The van der Waals surface area contributed by atoms with Crippen LogP contribution in [0.4, 0.5) is 0 Å². The number of carbonyl (C=O) groups excluding carboxylic acids is 3. The second-order valence-electron chi connectivity index (χ2n) is 14.8. The molecule has 1 fully saturated rings. The lowest BCUT2D eigenvalue weighted by Gasteiger charge is -2.30. The first kappa shape index (κ1) is 43.7. The van der Waals surface area contributed by atoms with Crippen molar-refractivity contribution in [3.05, 3.63) is 59.9 Å². The van der Waals surface area contributed by atoms with E-state index in [1.165, 1.54) is 5.56 Å². The van der Waals surface area contributed by atoms with Crippen LogP contribution in [-0.2, 0) is 36.8 Å². The molecule has 0 radical (unpaired) electrons. The van der Waals surface area contributed by atoms with Gasteiger partial charge < -0.3 is 29.7 Å². The van der Waals surface area contributed by atoms with E-state index in [0.29, 0.717) is 54.9 Å². The highest BCUT2D eigenvalue weighted by Crippen LogP contribution is 2.30. The third kappa shape index (κ3) is 13.3. The maximum atomic E-state index is 12.1. The molecule has 0 spiro atoms. The Morgan fingerprint density at radius 3 is 1.69 bits per heavy atom. The summed E-state index contributed by atoms with van der Waals surface area (Å²) in [7, 11) is 0. The highest BCUT2D eigenvalue weighted by molar-refractivity contribution is 5.92. The van der Waals surface area contributed by atoms with E-state index in [-0.39, 0.29) is 31.2 Å². The topological polar surface area (TPSA) is 165 Å². The van der Waals surface area contributed by atoms with Crippen molar-refractivity contribution < 1.29 is 38.9 Å². The maximum Gasteiger partial charge on any atom is 0.313 e. The van der Waals surface area contributed by atoms with Gasteiger partial charge >= 0.3 is 23.9 Å². The van der Waals surface area contributed by atoms with E-state index in [2.05, 4.69) is 79.9 Å². The quantitative estimate of drug-likeness (QED) is 0.0536. The second kappa shape index (κ2) is 21.3.